The van der Waals surface area contributed by atoms with Crippen LogP contribution in [0.4, 0.5) is 0 Å². The number of aromatic nitrogens is 4. The van der Waals surface area contributed by atoms with Crippen molar-refractivity contribution < 1.29 is 9.53 Å². The van der Waals surface area contributed by atoms with Gasteiger partial charge >= 0.3 is 5.97 Å². The zero-order valence-corrected chi connectivity index (χ0v) is 20.4. The summed E-state index contributed by atoms with van der Waals surface area (Å²) in [5.41, 5.74) is 6.94. The first-order chi connectivity index (χ1) is 17.0. The summed E-state index contributed by atoms with van der Waals surface area (Å²) < 4.78 is 5.24. The highest BCUT2D eigenvalue weighted by Crippen LogP contribution is 2.34. The Hall–Kier alpha value is -3.58. The molecule has 0 spiro atoms. The Kier molecular flexibility index (Phi) is 6.59. The predicted octanol–water partition coefficient (Wildman–Crippen LogP) is 4.85. The minimum absolute atomic E-state index is 0.0274. The third-order valence-electron chi connectivity index (χ3n) is 6.61. The van der Waals surface area contributed by atoms with Crippen molar-refractivity contribution in [1.82, 2.24) is 25.3 Å². The van der Waals surface area contributed by atoms with Gasteiger partial charge in [-0.25, -0.2) is 4.98 Å². The van der Waals surface area contributed by atoms with Crippen LogP contribution in [0.25, 0.3) is 33.5 Å². The second-order valence-corrected chi connectivity index (χ2v) is 9.70. The van der Waals surface area contributed by atoms with Crippen LogP contribution in [0.15, 0.2) is 55.0 Å². The lowest BCUT2D eigenvalue weighted by Crippen LogP contribution is -2.50. The fourth-order valence-electron chi connectivity index (χ4n) is 4.48. The lowest BCUT2D eigenvalue weighted by atomic mass is 9.76. The van der Waals surface area contributed by atoms with Crippen LogP contribution in [-0.4, -0.2) is 45.1 Å². The summed E-state index contributed by atoms with van der Waals surface area (Å²) in [5.74, 6) is 0.960. The summed E-state index contributed by atoms with van der Waals surface area (Å²) >= 11 is 0. The van der Waals surface area contributed by atoms with Crippen molar-refractivity contribution in [2.75, 3.05) is 13.1 Å². The van der Waals surface area contributed by atoms with Crippen molar-refractivity contribution in [1.29, 1.82) is 0 Å². The van der Waals surface area contributed by atoms with E-state index in [1.807, 2.05) is 37.4 Å². The average Bonchev–Trinajstić information content (AvgIpc) is 3.29. The fraction of sp³-hybridized carbons (Fsp3) is 0.357. The summed E-state index contributed by atoms with van der Waals surface area (Å²) in [5, 5.41) is 4.19. The highest BCUT2D eigenvalue weighted by Gasteiger charge is 2.34. The number of ether oxygens (including phenoxy) is 1. The summed E-state index contributed by atoms with van der Waals surface area (Å²) in [6.07, 6.45) is 5.82. The van der Waals surface area contributed by atoms with E-state index >= 15 is 0 Å². The number of rotatable bonds is 4. The second-order valence-electron chi connectivity index (χ2n) is 9.70. The Labute approximate surface area is 205 Å². The molecule has 180 valence electrons. The average molecular weight is 470 g/mol. The van der Waals surface area contributed by atoms with E-state index in [2.05, 4.69) is 57.3 Å². The molecule has 35 heavy (non-hydrogen) atoms. The van der Waals surface area contributed by atoms with Gasteiger partial charge in [0, 0.05) is 35.9 Å². The topological polar surface area (TPSA) is 92.8 Å². The van der Waals surface area contributed by atoms with Crippen molar-refractivity contribution in [3.8, 4) is 22.6 Å². The number of nitrogens with zero attached hydrogens (tertiary/aromatic N) is 3. The Morgan fingerprint density at radius 1 is 1.06 bits per heavy atom. The third-order valence-corrected chi connectivity index (χ3v) is 6.61. The van der Waals surface area contributed by atoms with Gasteiger partial charge in [-0.05, 0) is 68.5 Å². The molecule has 1 aliphatic carbocycles. The number of aryl methyl sites for hydroxylation is 2. The Morgan fingerprint density at radius 3 is 2.60 bits per heavy atom. The van der Waals surface area contributed by atoms with Crippen LogP contribution in [0, 0.1) is 25.7 Å². The van der Waals surface area contributed by atoms with E-state index in [-0.39, 0.29) is 18.0 Å². The minimum Gasteiger partial charge on any atom is -0.459 e. The molecule has 0 radical (unpaired) electrons. The molecule has 0 amide bonds. The quantitative estimate of drug-likeness (QED) is 0.415. The molecule has 2 fully saturated rings. The molecule has 6 rings (SSSR count). The largest absolute Gasteiger partial charge is 0.459 e. The zero-order valence-electron chi connectivity index (χ0n) is 20.4. The Morgan fingerprint density at radius 2 is 1.89 bits per heavy atom. The number of hydrogen-bond donors (Lipinski definition) is 2. The molecule has 4 heterocycles. The number of aromatic amines is 1. The molecule has 1 saturated heterocycles. The van der Waals surface area contributed by atoms with Gasteiger partial charge in [-0.1, -0.05) is 19.1 Å². The molecule has 1 aliphatic heterocycles. The van der Waals surface area contributed by atoms with Gasteiger partial charge in [0.25, 0.3) is 0 Å². The smallest absolute Gasteiger partial charge is 0.309 e. The first-order valence-electron chi connectivity index (χ1n) is 12.2. The van der Waals surface area contributed by atoms with Gasteiger partial charge < -0.3 is 15.0 Å². The highest BCUT2D eigenvalue weighted by atomic mass is 16.5. The van der Waals surface area contributed by atoms with E-state index < -0.39 is 0 Å². The van der Waals surface area contributed by atoms with Crippen molar-refractivity contribution in [2.24, 2.45) is 11.8 Å². The van der Waals surface area contributed by atoms with Crippen LogP contribution in [-0.2, 0) is 9.53 Å². The summed E-state index contributed by atoms with van der Waals surface area (Å²) in [6.45, 7) is 7.90. The van der Waals surface area contributed by atoms with Crippen molar-refractivity contribution >= 4 is 16.9 Å². The van der Waals surface area contributed by atoms with E-state index in [1.165, 1.54) is 0 Å². The SMILES string of the molecule is CC1CC(C(=O)OC2CNC2)C1.Cc1cnc2ccc(-c3nc[nH]c3-c3cccc(C)n3)cc2c1. The lowest BCUT2D eigenvalue weighted by Gasteiger charge is -2.34. The van der Waals surface area contributed by atoms with Crippen LogP contribution in [0.5, 0.6) is 0 Å². The molecule has 2 N–H and O–H groups in total. The summed E-state index contributed by atoms with van der Waals surface area (Å²) in [7, 11) is 0. The molecule has 0 bridgehead atoms. The lowest BCUT2D eigenvalue weighted by molar-refractivity contribution is -0.160. The van der Waals surface area contributed by atoms with Gasteiger partial charge in [0.1, 0.15) is 6.10 Å². The van der Waals surface area contributed by atoms with Gasteiger partial charge in [0.05, 0.1) is 34.8 Å². The van der Waals surface area contributed by atoms with Crippen LogP contribution < -0.4 is 5.32 Å². The molecule has 0 unspecified atom stereocenters. The zero-order chi connectivity index (χ0) is 24.4. The maximum absolute atomic E-state index is 11.3. The molecule has 3 aromatic heterocycles. The number of carbonyl (C=O) groups is 1. The second kappa shape index (κ2) is 9.96. The molecular formula is C28H31N5O2. The number of pyridine rings is 2. The molecular weight excluding hydrogens is 438 g/mol. The number of benzene rings is 1. The molecule has 1 aromatic carbocycles. The number of fused-ring (bicyclic) bond motifs is 1. The van der Waals surface area contributed by atoms with Gasteiger partial charge in [-0.2, -0.15) is 0 Å². The summed E-state index contributed by atoms with van der Waals surface area (Å²) in [6, 6.07) is 14.4. The number of carbonyl (C=O) groups excluding carboxylic acids is 1. The third kappa shape index (κ3) is 5.25. The van der Waals surface area contributed by atoms with E-state index in [9.17, 15) is 4.79 Å². The molecule has 7 nitrogen and oxygen atoms in total. The van der Waals surface area contributed by atoms with E-state index in [1.54, 1.807) is 6.33 Å². The molecule has 4 aromatic rings. The van der Waals surface area contributed by atoms with Gasteiger partial charge in [-0.3, -0.25) is 14.8 Å². The van der Waals surface area contributed by atoms with Crippen LogP contribution in [0.2, 0.25) is 0 Å². The van der Waals surface area contributed by atoms with E-state index in [0.717, 1.165) is 76.7 Å². The predicted molar refractivity (Wildman–Crippen MR) is 137 cm³/mol. The van der Waals surface area contributed by atoms with Crippen molar-refractivity contribution in [3.05, 3.63) is 66.2 Å². The van der Waals surface area contributed by atoms with E-state index in [4.69, 9.17) is 4.74 Å². The monoisotopic (exact) mass is 469 g/mol. The number of nitrogens with one attached hydrogen (secondary N) is 2. The fourth-order valence-corrected chi connectivity index (χ4v) is 4.48. The first-order valence-corrected chi connectivity index (χ1v) is 12.2. The molecule has 1 saturated carbocycles. The van der Waals surface area contributed by atoms with Gasteiger partial charge in [-0.15, -0.1) is 0 Å². The van der Waals surface area contributed by atoms with Crippen LogP contribution in [0.3, 0.4) is 0 Å². The number of H-pyrrole nitrogens is 1. The summed E-state index contributed by atoms with van der Waals surface area (Å²) in [4.78, 5) is 28.1. The maximum Gasteiger partial charge on any atom is 0.309 e. The number of esters is 1. The molecule has 0 atom stereocenters. The first kappa shape index (κ1) is 23.2. The van der Waals surface area contributed by atoms with Gasteiger partial charge in [0.2, 0.25) is 0 Å². The minimum atomic E-state index is 0.0274. The van der Waals surface area contributed by atoms with Crippen molar-refractivity contribution in [3.63, 3.8) is 0 Å². The Balaban J connectivity index is 0.000000178. The number of imidazole rings is 1. The number of hydrogen-bond acceptors (Lipinski definition) is 6. The van der Waals surface area contributed by atoms with E-state index in [0.29, 0.717) is 0 Å². The molecule has 7 heteroatoms. The highest BCUT2D eigenvalue weighted by molar-refractivity contribution is 5.87. The normalized spacial score (nSPS) is 19.3. The molecule has 2 aliphatic rings. The van der Waals surface area contributed by atoms with Gasteiger partial charge in [0.15, 0.2) is 0 Å². The van der Waals surface area contributed by atoms with Crippen molar-refractivity contribution in [2.45, 2.75) is 39.7 Å². The standard InChI is InChI=1S/C19H16N4.C9H15NO2/c1-12-8-15-9-14(6-7-16(15)20-10-12)18-19(22-11-21-18)17-5-3-4-13(2)23-17;1-6-2-7(3-6)9(11)12-8-4-10-5-8/h3-11H,1-2H3,(H,21,22);6-8,10H,2-5H2,1H3. The maximum atomic E-state index is 11.3. The Bertz CT molecular complexity index is 1340. The van der Waals surface area contributed by atoms with Crippen LogP contribution >= 0.6 is 0 Å². The van der Waals surface area contributed by atoms with Crippen LogP contribution in [0.1, 0.15) is 31.0 Å².